The third kappa shape index (κ3) is 4.11. The number of alkyl halides is 1. The Balaban J connectivity index is 1.90. The highest BCUT2D eigenvalue weighted by molar-refractivity contribution is 9.09. The van der Waals surface area contributed by atoms with Crippen molar-refractivity contribution in [1.29, 1.82) is 0 Å². The van der Waals surface area contributed by atoms with Gasteiger partial charge in [-0.3, -0.25) is 4.79 Å². The molecule has 4 nitrogen and oxygen atoms in total. The summed E-state index contributed by atoms with van der Waals surface area (Å²) in [6.45, 7) is 3.13. The van der Waals surface area contributed by atoms with Gasteiger partial charge in [-0.25, -0.2) is 0 Å². The lowest BCUT2D eigenvalue weighted by Gasteiger charge is -2.37. The number of hydrogen-bond acceptors (Lipinski definition) is 3. The molecule has 1 heterocycles. The molecule has 1 aliphatic heterocycles. The van der Waals surface area contributed by atoms with Crippen LogP contribution in [0.3, 0.4) is 0 Å². The van der Waals surface area contributed by atoms with E-state index in [9.17, 15) is 4.79 Å². The Morgan fingerprint density at radius 2 is 2.40 bits per heavy atom. The second kappa shape index (κ2) is 7.29. The van der Waals surface area contributed by atoms with Crippen molar-refractivity contribution in [2.24, 2.45) is 0 Å². The molecule has 0 aliphatic carbocycles. The standard InChI is InChI=1S/C14H17BrClNO3/c1-10-8-19-13(6-15)7-17(10)14(18)9-20-12-4-2-3-11(16)5-12/h2-5,10,13H,6-9H2,1H3. The van der Waals surface area contributed by atoms with Gasteiger partial charge >= 0.3 is 0 Å². The molecule has 2 atom stereocenters. The van der Waals surface area contributed by atoms with Gasteiger partial charge in [0.05, 0.1) is 18.8 Å². The first-order valence-corrected chi connectivity index (χ1v) is 7.95. The first-order valence-electron chi connectivity index (χ1n) is 6.45. The summed E-state index contributed by atoms with van der Waals surface area (Å²) >= 11 is 9.26. The Morgan fingerprint density at radius 3 is 3.10 bits per heavy atom. The Bertz CT molecular complexity index is 471. The third-order valence-corrected chi connectivity index (χ3v) is 4.11. The van der Waals surface area contributed by atoms with Crippen LogP contribution in [0.1, 0.15) is 6.92 Å². The molecule has 20 heavy (non-hydrogen) atoms. The van der Waals surface area contributed by atoms with Crippen LogP contribution in [0.15, 0.2) is 24.3 Å². The van der Waals surface area contributed by atoms with Gasteiger partial charge in [-0.05, 0) is 25.1 Å². The second-order valence-corrected chi connectivity index (χ2v) is 5.83. The first kappa shape index (κ1) is 15.6. The van der Waals surface area contributed by atoms with Gasteiger partial charge in [-0.15, -0.1) is 0 Å². The Labute approximate surface area is 132 Å². The van der Waals surface area contributed by atoms with E-state index in [-0.39, 0.29) is 24.7 Å². The minimum absolute atomic E-state index is 0.0136. The number of ether oxygens (including phenoxy) is 2. The van der Waals surface area contributed by atoms with E-state index in [1.165, 1.54) is 0 Å². The fraction of sp³-hybridized carbons (Fsp3) is 0.500. The third-order valence-electron chi connectivity index (χ3n) is 3.16. The number of hydrogen-bond donors (Lipinski definition) is 0. The van der Waals surface area contributed by atoms with Gasteiger partial charge in [-0.2, -0.15) is 0 Å². The highest BCUT2D eigenvalue weighted by Gasteiger charge is 2.29. The Kier molecular flexibility index (Phi) is 5.69. The van der Waals surface area contributed by atoms with Crippen molar-refractivity contribution in [2.75, 3.05) is 25.1 Å². The molecule has 1 aliphatic rings. The normalized spacial score (nSPS) is 22.6. The summed E-state index contributed by atoms with van der Waals surface area (Å²) in [5.74, 6) is 0.565. The zero-order valence-electron chi connectivity index (χ0n) is 11.2. The smallest absolute Gasteiger partial charge is 0.260 e. The molecule has 2 unspecified atom stereocenters. The topological polar surface area (TPSA) is 38.8 Å². The number of halogens is 2. The summed E-state index contributed by atoms with van der Waals surface area (Å²) in [4.78, 5) is 14.0. The maximum absolute atomic E-state index is 12.2. The van der Waals surface area contributed by atoms with Crippen LogP contribution in [-0.4, -0.2) is 48.0 Å². The van der Waals surface area contributed by atoms with Crippen LogP contribution in [0.5, 0.6) is 5.75 Å². The first-order chi connectivity index (χ1) is 9.60. The SMILES string of the molecule is CC1COC(CBr)CN1C(=O)COc1cccc(Cl)c1. The van der Waals surface area contributed by atoms with E-state index >= 15 is 0 Å². The monoisotopic (exact) mass is 361 g/mol. The molecule has 1 aromatic rings. The number of carbonyl (C=O) groups is 1. The van der Waals surface area contributed by atoms with Crippen LogP contribution < -0.4 is 4.74 Å². The van der Waals surface area contributed by atoms with Crippen molar-refractivity contribution < 1.29 is 14.3 Å². The number of rotatable bonds is 4. The van der Waals surface area contributed by atoms with Gasteiger partial charge in [0, 0.05) is 16.9 Å². The van der Waals surface area contributed by atoms with E-state index in [2.05, 4.69) is 15.9 Å². The highest BCUT2D eigenvalue weighted by Crippen LogP contribution is 2.18. The van der Waals surface area contributed by atoms with Crippen LogP contribution in [-0.2, 0) is 9.53 Å². The number of morpholine rings is 1. The molecule has 1 fully saturated rings. The van der Waals surface area contributed by atoms with Crippen LogP contribution in [0.4, 0.5) is 0 Å². The van der Waals surface area contributed by atoms with Gasteiger partial charge in [0.1, 0.15) is 5.75 Å². The summed E-state index contributed by atoms with van der Waals surface area (Å²) in [5, 5.41) is 1.31. The molecule has 110 valence electrons. The van der Waals surface area contributed by atoms with Crippen LogP contribution in [0.2, 0.25) is 5.02 Å². The lowest BCUT2D eigenvalue weighted by molar-refractivity contribution is -0.145. The predicted octanol–water partition coefficient (Wildman–Crippen LogP) is 2.73. The van der Waals surface area contributed by atoms with Crippen molar-refractivity contribution in [3.05, 3.63) is 29.3 Å². The zero-order valence-corrected chi connectivity index (χ0v) is 13.6. The molecule has 0 radical (unpaired) electrons. The number of benzene rings is 1. The van der Waals surface area contributed by atoms with E-state index in [0.717, 1.165) is 5.33 Å². The largest absolute Gasteiger partial charge is 0.484 e. The van der Waals surface area contributed by atoms with Gasteiger partial charge in [0.15, 0.2) is 6.61 Å². The van der Waals surface area contributed by atoms with E-state index in [1.54, 1.807) is 29.2 Å². The lowest BCUT2D eigenvalue weighted by atomic mass is 10.2. The fourth-order valence-electron chi connectivity index (χ4n) is 2.04. The summed E-state index contributed by atoms with van der Waals surface area (Å²) < 4.78 is 11.1. The predicted molar refractivity (Wildman–Crippen MR) is 81.7 cm³/mol. The van der Waals surface area contributed by atoms with E-state index in [4.69, 9.17) is 21.1 Å². The Hall–Kier alpha value is -0.780. The molecular weight excluding hydrogens is 346 g/mol. The van der Waals surface area contributed by atoms with Crippen molar-refractivity contribution in [2.45, 2.75) is 19.1 Å². The van der Waals surface area contributed by atoms with E-state index in [1.807, 2.05) is 6.92 Å². The Morgan fingerprint density at radius 1 is 1.60 bits per heavy atom. The zero-order chi connectivity index (χ0) is 14.5. The molecule has 0 N–H and O–H groups in total. The molecule has 1 aromatic carbocycles. The van der Waals surface area contributed by atoms with Crippen molar-refractivity contribution in [3.8, 4) is 5.75 Å². The molecule has 0 spiro atoms. The summed E-state index contributed by atoms with van der Waals surface area (Å²) in [6.07, 6.45) is 0.0429. The van der Waals surface area contributed by atoms with Crippen molar-refractivity contribution >= 4 is 33.4 Å². The molecule has 0 bridgehead atoms. The maximum Gasteiger partial charge on any atom is 0.260 e. The average molecular weight is 363 g/mol. The molecule has 0 saturated carbocycles. The van der Waals surface area contributed by atoms with Crippen molar-refractivity contribution in [1.82, 2.24) is 4.90 Å². The summed E-state index contributed by atoms with van der Waals surface area (Å²) in [7, 11) is 0. The van der Waals surface area contributed by atoms with Gasteiger partial charge in [0.25, 0.3) is 5.91 Å². The highest BCUT2D eigenvalue weighted by atomic mass is 79.9. The lowest BCUT2D eigenvalue weighted by Crippen LogP contribution is -2.52. The molecule has 0 aromatic heterocycles. The quantitative estimate of drug-likeness (QED) is 0.773. The second-order valence-electron chi connectivity index (χ2n) is 4.75. The molecular formula is C14H17BrClNO3. The molecule has 1 amide bonds. The van der Waals surface area contributed by atoms with E-state index in [0.29, 0.717) is 23.9 Å². The average Bonchev–Trinajstić information content (AvgIpc) is 2.45. The maximum atomic E-state index is 12.2. The van der Waals surface area contributed by atoms with Crippen LogP contribution >= 0.6 is 27.5 Å². The summed E-state index contributed by atoms with van der Waals surface area (Å²) in [6, 6.07) is 7.10. The van der Waals surface area contributed by atoms with Crippen LogP contribution in [0, 0.1) is 0 Å². The van der Waals surface area contributed by atoms with Crippen molar-refractivity contribution in [3.63, 3.8) is 0 Å². The fourth-order valence-corrected chi connectivity index (χ4v) is 2.62. The minimum Gasteiger partial charge on any atom is -0.484 e. The molecule has 6 heteroatoms. The number of amides is 1. The number of nitrogens with zero attached hydrogens (tertiary/aromatic N) is 1. The minimum atomic E-state index is -0.0354. The van der Waals surface area contributed by atoms with E-state index < -0.39 is 0 Å². The summed E-state index contributed by atoms with van der Waals surface area (Å²) in [5.41, 5.74) is 0. The van der Waals surface area contributed by atoms with Gasteiger partial charge in [0.2, 0.25) is 0 Å². The molecule has 2 rings (SSSR count). The number of carbonyl (C=O) groups excluding carboxylic acids is 1. The van der Waals surface area contributed by atoms with Crippen LogP contribution in [0.25, 0.3) is 0 Å². The molecule has 1 saturated heterocycles. The van der Waals surface area contributed by atoms with Gasteiger partial charge in [-0.1, -0.05) is 33.6 Å². The van der Waals surface area contributed by atoms with Gasteiger partial charge < -0.3 is 14.4 Å².